The maximum atomic E-state index is 10.9. The van der Waals surface area contributed by atoms with E-state index in [4.69, 9.17) is 4.74 Å². The van der Waals surface area contributed by atoms with Crippen LogP contribution in [0.25, 0.3) is 0 Å². The summed E-state index contributed by atoms with van der Waals surface area (Å²) in [5, 5.41) is 9.51. The van der Waals surface area contributed by atoms with E-state index < -0.39 is 6.10 Å². The van der Waals surface area contributed by atoms with Crippen molar-refractivity contribution < 1.29 is 19.4 Å². The maximum Gasteiger partial charge on any atom is 0.308 e. The first-order valence-electron chi connectivity index (χ1n) is 8.03. The number of ether oxygens (including phenoxy) is 2. The number of hydrogen-bond acceptors (Lipinski definition) is 4. The molecule has 0 spiro atoms. The minimum Gasteiger partial charge on any atom is -0.469 e. The van der Waals surface area contributed by atoms with Crippen molar-refractivity contribution >= 4 is 5.97 Å². The summed E-state index contributed by atoms with van der Waals surface area (Å²) >= 11 is 0. The van der Waals surface area contributed by atoms with Crippen molar-refractivity contribution in [1.82, 2.24) is 0 Å². The third-order valence-electron chi connectivity index (χ3n) is 3.37. The van der Waals surface area contributed by atoms with Gasteiger partial charge in [0.05, 0.1) is 19.6 Å². The van der Waals surface area contributed by atoms with Crippen molar-refractivity contribution in [3.8, 4) is 0 Å². The summed E-state index contributed by atoms with van der Waals surface area (Å²) in [6.07, 6.45) is 10.2. The number of aliphatic hydroxyl groups excluding tert-OH is 1. The normalized spacial score (nSPS) is 12.3. The van der Waals surface area contributed by atoms with Crippen LogP contribution in [0.3, 0.4) is 0 Å². The van der Waals surface area contributed by atoms with Gasteiger partial charge in [-0.1, -0.05) is 51.9 Å². The van der Waals surface area contributed by atoms with Gasteiger partial charge in [0, 0.05) is 13.2 Å². The molecule has 0 aliphatic rings. The van der Waals surface area contributed by atoms with E-state index in [-0.39, 0.29) is 12.4 Å². The Bertz CT molecular complexity index is 219. The van der Waals surface area contributed by atoms with E-state index in [0.29, 0.717) is 13.0 Å². The molecular formula is C16H32O4. The van der Waals surface area contributed by atoms with Crippen LogP contribution in [-0.4, -0.2) is 37.5 Å². The van der Waals surface area contributed by atoms with Crippen LogP contribution in [0.4, 0.5) is 0 Å². The smallest absolute Gasteiger partial charge is 0.308 e. The van der Waals surface area contributed by atoms with Crippen LogP contribution in [0, 0.1) is 0 Å². The Balaban J connectivity index is 3.14. The number of methoxy groups -OCH3 is 1. The molecule has 0 unspecified atom stereocenters. The first kappa shape index (κ1) is 19.4. The monoisotopic (exact) mass is 288 g/mol. The van der Waals surface area contributed by atoms with E-state index in [1.54, 1.807) is 0 Å². The van der Waals surface area contributed by atoms with Gasteiger partial charge in [0.25, 0.3) is 0 Å². The number of carbonyl (C=O) groups is 1. The number of esters is 1. The quantitative estimate of drug-likeness (QED) is 0.393. The van der Waals surface area contributed by atoms with Crippen molar-refractivity contribution in [1.29, 1.82) is 0 Å². The second-order valence-electron chi connectivity index (χ2n) is 5.31. The van der Waals surface area contributed by atoms with Crippen LogP contribution < -0.4 is 0 Å². The van der Waals surface area contributed by atoms with Gasteiger partial charge in [-0.05, 0) is 12.8 Å². The van der Waals surface area contributed by atoms with Gasteiger partial charge in [-0.2, -0.15) is 0 Å². The molecule has 0 aromatic rings. The molecule has 0 saturated carbocycles. The van der Waals surface area contributed by atoms with Gasteiger partial charge >= 0.3 is 5.97 Å². The Morgan fingerprint density at radius 1 is 1.00 bits per heavy atom. The first-order valence-corrected chi connectivity index (χ1v) is 8.03. The lowest BCUT2D eigenvalue weighted by Gasteiger charge is -2.09. The molecule has 4 heteroatoms. The van der Waals surface area contributed by atoms with Gasteiger partial charge in [0.2, 0.25) is 0 Å². The fourth-order valence-electron chi connectivity index (χ4n) is 2.04. The van der Waals surface area contributed by atoms with Crippen molar-refractivity contribution in [2.45, 2.75) is 77.2 Å². The average molecular weight is 288 g/mol. The molecule has 0 saturated heterocycles. The Hall–Kier alpha value is -0.610. The Labute approximate surface area is 123 Å². The molecule has 0 aliphatic heterocycles. The summed E-state index contributed by atoms with van der Waals surface area (Å²) in [6, 6.07) is 0. The Morgan fingerprint density at radius 3 is 2.20 bits per heavy atom. The van der Waals surface area contributed by atoms with Crippen LogP contribution in [0.1, 0.15) is 71.1 Å². The second-order valence-corrected chi connectivity index (χ2v) is 5.31. The second kappa shape index (κ2) is 14.8. The van der Waals surface area contributed by atoms with Gasteiger partial charge < -0.3 is 14.6 Å². The lowest BCUT2D eigenvalue weighted by atomic mass is 10.1. The molecule has 0 heterocycles. The molecule has 0 rings (SSSR count). The highest BCUT2D eigenvalue weighted by atomic mass is 16.5. The average Bonchev–Trinajstić information content (AvgIpc) is 2.44. The zero-order valence-electron chi connectivity index (χ0n) is 13.2. The molecule has 1 atom stereocenters. The molecular weight excluding hydrogens is 256 g/mol. The summed E-state index contributed by atoms with van der Waals surface area (Å²) in [5.74, 6) is -0.374. The molecule has 0 radical (unpaired) electrons. The van der Waals surface area contributed by atoms with E-state index in [1.807, 2.05) is 0 Å². The number of rotatable bonds is 14. The number of aliphatic hydroxyl groups is 1. The van der Waals surface area contributed by atoms with Gasteiger partial charge in [-0.25, -0.2) is 0 Å². The first-order chi connectivity index (χ1) is 9.70. The van der Waals surface area contributed by atoms with Crippen molar-refractivity contribution in [3.63, 3.8) is 0 Å². The molecule has 0 aromatic carbocycles. The number of unbranched alkanes of at least 4 members (excludes halogenated alkanes) is 7. The van der Waals surface area contributed by atoms with Crippen LogP contribution in [0.2, 0.25) is 0 Å². The van der Waals surface area contributed by atoms with Gasteiger partial charge in [-0.3, -0.25) is 4.79 Å². The third kappa shape index (κ3) is 13.8. The maximum absolute atomic E-state index is 10.9. The predicted molar refractivity (Wildman–Crippen MR) is 80.7 cm³/mol. The highest BCUT2D eigenvalue weighted by Crippen LogP contribution is 2.08. The molecule has 20 heavy (non-hydrogen) atoms. The third-order valence-corrected chi connectivity index (χ3v) is 3.37. The van der Waals surface area contributed by atoms with Crippen LogP contribution in [0.5, 0.6) is 0 Å². The number of hydrogen-bond donors (Lipinski definition) is 1. The summed E-state index contributed by atoms with van der Waals surface area (Å²) < 4.78 is 9.94. The van der Waals surface area contributed by atoms with E-state index in [1.165, 1.54) is 52.1 Å². The Morgan fingerprint density at radius 2 is 1.60 bits per heavy atom. The van der Waals surface area contributed by atoms with Gasteiger partial charge in [0.1, 0.15) is 0 Å². The summed E-state index contributed by atoms with van der Waals surface area (Å²) in [6.45, 7) is 3.49. The standard InChI is InChI=1S/C16H32O4/c1-3-4-5-6-7-8-9-10-12-20-13-11-15(17)14-16(18)19-2/h15,17H,3-14H2,1-2H3/t15-/m0/s1. The molecule has 0 amide bonds. The van der Waals surface area contributed by atoms with Gasteiger partial charge in [-0.15, -0.1) is 0 Å². The van der Waals surface area contributed by atoms with Gasteiger partial charge in [0.15, 0.2) is 0 Å². The molecule has 0 bridgehead atoms. The summed E-state index contributed by atoms with van der Waals surface area (Å²) in [7, 11) is 1.33. The fraction of sp³-hybridized carbons (Fsp3) is 0.938. The van der Waals surface area contributed by atoms with E-state index in [2.05, 4.69) is 11.7 Å². The minimum atomic E-state index is -0.652. The highest BCUT2D eigenvalue weighted by Gasteiger charge is 2.10. The zero-order valence-corrected chi connectivity index (χ0v) is 13.2. The summed E-state index contributed by atoms with van der Waals surface area (Å²) in [4.78, 5) is 10.9. The molecule has 120 valence electrons. The zero-order chi connectivity index (χ0) is 15.1. The van der Waals surface area contributed by atoms with Crippen molar-refractivity contribution in [2.24, 2.45) is 0 Å². The van der Waals surface area contributed by atoms with Crippen LogP contribution >= 0.6 is 0 Å². The summed E-state index contributed by atoms with van der Waals surface area (Å²) in [5.41, 5.74) is 0. The van der Waals surface area contributed by atoms with Crippen molar-refractivity contribution in [2.75, 3.05) is 20.3 Å². The highest BCUT2D eigenvalue weighted by molar-refractivity contribution is 5.69. The van der Waals surface area contributed by atoms with E-state index in [9.17, 15) is 9.90 Å². The van der Waals surface area contributed by atoms with Crippen molar-refractivity contribution in [3.05, 3.63) is 0 Å². The van der Waals surface area contributed by atoms with Crippen LogP contribution in [0.15, 0.2) is 0 Å². The minimum absolute atomic E-state index is 0.0532. The molecule has 1 N–H and O–H groups in total. The largest absolute Gasteiger partial charge is 0.469 e. The molecule has 4 nitrogen and oxygen atoms in total. The Kier molecular flexibility index (Phi) is 14.3. The fourth-order valence-corrected chi connectivity index (χ4v) is 2.04. The van der Waals surface area contributed by atoms with E-state index >= 15 is 0 Å². The SMILES string of the molecule is CCCCCCCCCCOCC[C@H](O)CC(=O)OC. The van der Waals surface area contributed by atoms with E-state index in [0.717, 1.165) is 13.0 Å². The van der Waals surface area contributed by atoms with Crippen LogP contribution in [-0.2, 0) is 14.3 Å². The molecule has 0 fully saturated rings. The lowest BCUT2D eigenvalue weighted by Crippen LogP contribution is -2.16. The number of carbonyl (C=O) groups excluding carboxylic acids is 1. The molecule has 0 aliphatic carbocycles. The molecule has 0 aromatic heterocycles. The predicted octanol–water partition coefficient (Wildman–Crippen LogP) is 3.46. The topological polar surface area (TPSA) is 55.8 Å². The lowest BCUT2D eigenvalue weighted by molar-refractivity contribution is -0.143.